The Morgan fingerprint density at radius 3 is 2.70 bits per heavy atom. The molecule has 4 aromatic rings. The fraction of sp³-hybridized carbons (Fsp3) is 0.100. The van der Waals surface area contributed by atoms with E-state index in [1.165, 1.54) is 6.92 Å². The summed E-state index contributed by atoms with van der Waals surface area (Å²) < 4.78 is 5.75. The first-order valence-corrected chi connectivity index (χ1v) is 8.38. The van der Waals surface area contributed by atoms with E-state index >= 15 is 0 Å². The molecular formula is C20H17N5O2. The Balaban J connectivity index is 1.94. The van der Waals surface area contributed by atoms with Gasteiger partial charge in [-0.25, -0.2) is 9.97 Å². The number of carbonyl (C=O) groups is 1. The summed E-state index contributed by atoms with van der Waals surface area (Å²) in [5.74, 6) is 1.37. The number of amides is 1. The zero-order valence-corrected chi connectivity index (χ0v) is 14.9. The number of carbonyl (C=O) groups excluding carboxylic acids is 1. The summed E-state index contributed by atoms with van der Waals surface area (Å²) in [7, 11) is 0. The monoisotopic (exact) mass is 359 g/mol. The van der Waals surface area contributed by atoms with Gasteiger partial charge < -0.3 is 15.5 Å². The van der Waals surface area contributed by atoms with Crippen LogP contribution in [-0.2, 0) is 4.79 Å². The molecule has 0 aliphatic heterocycles. The first kappa shape index (κ1) is 16.7. The standard InChI is InChI=1S/C20H17N5O2/c1-11-5-8-16(27-11)18-17(24-19(21)20(25-18)23-12(2)26)14-6-7-15-13(10-14)4-3-9-22-15/h3-10H,1-2H3,(H2,21,24)(H,23,25,26). The van der Waals surface area contributed by atoms with E-state index in [2.05, 4.69) is 20.3 Å². The van der Waals surface area contributed by atoms with Gasteiger partial charge in [0.1, 0.15) is 17.1 Å². The van der Waals surface area contributed by atoms with Crippen LogP contribution >= 0.6 is 0 Å². The van der Waals surface area contributed by atoms with Crippen molar-refractivity contribution in [2.45, 2.75) is 13.8 Å². The molecule has 0 unspecified atom stereocenters. The van der Waals surface area contributed by atoms with Gasteiger partial charge in [-0.1, -0.05) is 12.1 Å². The molecule has 3 aromatic heterocycles. The highest BCUT2D eigenvalue weighted by atomic mass is 16.3. The lowest BCUT2D eigenvalue weighted by Crippen LogP contribution is -2.12. The Bertz CT molecular complexity index is 1170. The Hall–Kier alpha value is -3.74. The number of hydrogen-bond acceptors (Lipinski definition) is 6. The van der Waals surface area contributed by atoms with E-state index in [1.54, 1.807) is 6.20 Å². The predicted octanol–water partition coefficient (Wildman–Crippen LogP) is 3.80. The molecule has 1 amide bonds. The van der Waals surface area contributed by atoms with Gasteiger partial charge in [-0.15, -0.1) is 0 Å². The number of anilines is 2. The minimum atomic E-state index is -0.276. The number of benzene rings is 1. The van der Waals surface area contributed by atoms with Crippen LogP contribution in [-0.4, -0.2) is 20.9 Å². The average Bonchev–Trinajstić information content (AvgIpc) is 3.08. The number of aromatic nitrogens is 3. The van der Waals surface area contributed by atoms with E-state index in [-0.39, 0.29) is 17.5 Å². The second-order valence-corrected chi connectivity index (χ2v) is 6.16. The van der Waals surface area contributed by atoms with Gasteiger partial charge in [0.2, 0.25) is 5.91 Å². The van der Waals surface area contributed by atoms with Crippen LogP contribution < -0.4 is 11.1 Å². The Labute approximate surface area is 155 Å². The molecule has 27 heavy (non-hydrogen) atoms. The van der Waals surface area contributed by atoms with Gasteiger partial charge in [0.15, 0.2) is 17.4 Å². The first-order valence-electron chi connectivity index (χ1n) is 8.38. The van der Waals surface area contributed by atoms with Crippen LogP contribution in [0.5, 0.6) is 0 Å². The zero-order valence-electron chi connectivity index (χ0n) is 14.9. The van der Waals surface area contributed by atoms with Crippen molar-refractivity contribution in [2.75, 3.05) is 11.1 Å². The molecule has 0 spiro atoms. The van der Waals surface area contributed by atoms with Crippen molar-refractivity contribution >= 4 is 28.4 Å². The van der Waals surface area contributed by atoms with E-state index in [1.807, 2.05) is 49.4 Å². The quantitative estimate of drug-likeness (QED) is 0.576. The van der Waals surface area contributed by atoms with Crippen LogP contribution in [0.3, 0.4) is 0 Å². The van der Waals surface area contributed by atoms with Gasteiger partial charge in [-0.2, -0.15) is 0 Å². The van der Waals surface area contributed by atoms with Gasteiger partial charge in [0.05, 0.1) is 5.52 Å². The minimum Gasteiger partial charge on any atom is -0.460 e. The van der Waals surface area contributed by atoms with Crippen LogP contribution in [0, 0.1) is 6.92 Å². The third kappa shape index (κ3) is 3.22. The first-order chi connectivity index (χ1) is 13.0. The molecule has 7 nitrogen and oxygen atoms in total. The van der Waals surface area contributed by atoms with Gasteiger partial charge in [-0.05, 0) is 37.3 Å². The van der Waals surface area contributed by atoms with E-state index in [0.717, 1.165) is 22.2 Å². The summed E-state index contributed by atoms with van der Waals surface area (Å²) in [4.78, 5) is 24.8. The number of nitrogens with one attached hydrogen (secondary N) is 1. The summed E-state index contributed by atoms with van der Waals surface area (Å²) >= 11 is 0. The van der Waals surface area contributed by atoms with Crippen molar-refractivity contribution in [1.82, 2.24) is 15.0 Å². The van der Waals surface area contributed by atoms with Crippen molar-refractivity contribution in [3.8, 4) is 22.7 Å². The largest absolute Gasteiger partial charge is 0.460 e. The number of aryl methyl sites for hydroxylation is 1. The molecular weight excluding hydrogens is 342 g/mol. The number of pyridine rings is 1. The number of fused-ring (bicyclic) bond motifs is 1. The smallest absolute Gasteiger partial charge is 0.222 e. The highest BCUT2D eigenvalue weighted by molar-refractivity contribution is 5.92. The normalized spacial score (nSPS) is 10.9. The molecule has 4 rings (SSSR count). The van der Waals surface area contributed by atoms with E-state index < -0.39 is 0 Å². The van der Waals surface area contributed by atoms with Crippen LogP contribution in [0.2, 0.25) is 0 Å². The molecule has 0 saturated carbocycles. The molecule has 0 aliphatic rings. The SMILES string of the molecule is CC(=O)Nc1nc(-c2ccc(C)o2)c(-c2ccc3ncccc3c2)nc1N. The molecule has 134 valence electrons. The van der Waals surface area contributed by atoms with E-state index in [0.29, 0.717) is 17.1 Å². The van der Waals surface area contributed by atoms with Crippen molar-refractivity contribution in [2.24, 2.45) is 0 Å². The van der Waals surface area contributed by atoms with Crippen molar-refractivity contribution < 1.29 is 9.21 Å². The van der Waals surface area contributed by atoms with Crippen LogP contribution in [0.1, 0.15) is 12.7 Å². The topological polar surface area (TPSA) is 107 Å². The molecule has 3 N–H and O–H groups in total. The van der Waals surface area contributed by atoms with Gasteiger partial charge in [0.25, 0.3) is 0 Å². The maximum atomic E-state index is 11.5. The summed E-state index contributed by atoms with van der Waals surface area (Å²) in [5.41, 5.74) is 8.82. The van der Waals surface area contributed by atoms with Crippen LogP contribution in [0.4, 0.5) is 11.6 Å². The Kier molecular flexibility index (Phi) is 4.04. The second-order valence-electron chi connectivity index (χ2n) is 6.16. The summed E-state index contributed by atoms with van der Waals surface area (Å²) in [6.07, 6.45) is 1.75. The number of hydrogen-bond donors (Lipinski definition) is 2. The molecule has 3 heterocycles. The zero-order chi connectivity index (χ0) is 19.0. The average molecular weight is 359 g/mol. The van der Waals surface area contributed by atoms with Gasteiger partial charge >= 0.3 is 0 Å². The number of nitrogens with two attached hydrogens (primary N) is 1. The van der Waals surface area contributed by atoms with Crippen LogP contribution in [0.25, 0.3) is 33.6 Å². The molecule has 7 heteroatoms. The van der Waals surface area contributed by atoms with Crippen molar-refractivity contribution in [3.05, 3.63) is 54.4 Å². The third-order valence-electron chi connectivity index (χ3n) is 4.07. The molecule has 0 radical (unpaired) electrons. The molecule has 1 aromatic carbocycles. The van der Waals surface area contributed by atoms with E-state index in [9.17, 15) is 4.79 Å². The molecule has 0 fully saturated rings. The highest BCUT2D eigenvalue weighted by Crippen LogP contribution is 2.34. The lowest BCUT2D eigenvalue weighted by atomic mass is 10.1. The molecule has 0 bridgehead atoms. The highest BCUT2D eigenvalue weighted by Gasteiger charge is 2.18. The Morgan fingerprint density at radius 2 is 1.96 bits per heavy atom. The number of rotatable bonds is 3. The minimum absolute atomic E-state index is 0.138. The van der Waals surface area contributed by atoms with Gasteiger partial charge in [-0.3, -0.25) is 9.78 Å². The second kappa shape index (κ2) is 6.53. The summed E-state index contributed by atoms with van der Waals surface area (Å²) in [6.45, 7) is 3.24. The van der Waals surface area contributed by atoms with Gasteiger partial charge in [0, 0.05) is 24.1 Å². The van der Waals surface area contributed by atoms with Crippen molar-refractivity contribution in [1.29, 1.82) is 0 Å². The van der Waals surface area contributed by atoms with E-state index in [4.69, 9.17) is 10.2 Å². The number of furan rings is 1. The Morgan fingerprint density at radius 1 is 1.11 bits per heavy atom. The maximum absolute atomic E-state index is 11.5. The predicted molar refractivity (Wildman–Crippen MR) is 104 cm³/mol. The molecule has 0 aliphatic carbocycles. The third-order valence-corrected chi connectivity index (χ3v) is 4.07. The lowest BCUT2D eigenvalue weighted by molar-refractivity contribution is -0.114. The maximum Gasteiger partial charge on any atom is 0.222 e. The van der Waals surface area contributed by atoms with Crippen LogP contribution in [0.15, 0.2) is 53.1 Å². The van der Waals surface area contributed by atoms with Crippen molar-refractivity contribution in [3.63, 3.8) is 0 Å². The fourth-order valence-electron chi connectivity index (χ4n) is 2.86. The molecule has 0 atom stereocenters. The number of nitrogen functional groups attached to an aromatic ring is 1. The lowest BCUT2D eigenvalue weighted by Gasteiger charge is -2.12. The summed E-state index contributed by atoms with van der Waals surface area (Å²) in [5, 5.41) is 3.58. The molecule has 0 saturated heterocycles. The fourth-order valence-corrected chi connectivity index (χ4v) is 2.86. The number of nitrogens with zero attached hydrogens (tertiary/aromatic N) is 3. The summed E-state index contributed by atoms with van der Waals surface area (Å²) in [6, 6.07) is 13.3.